The molecule has 0 nitrogen and oxygen atoms in total. The summed E-state index contributed by atoms with van der Waals surface area (Å²) < 4.78 is 0. The minimum Gasteiger partial charge on any atom is -0.103 e. The molecule has 0 aromatic rings. The molecule has 0 aromatic carbocycles. The number of hydrogen-bond acceptors (Lipinski definition) is 0. The number of hydrogen-bond donors (Lipinski definition) is 0. The Morgan fingerprint density at radius 2 is 1.35 bits per heavy atom. The molecule has 0 atom stereocenters. The van der Waals surface area contributed by atoms with E-state index in [2.05, 4.69) is 37.8 Å². The van der Waals surface area contributed by atoms with E-state index in [4.69, 9.17) is 0 Å². The first-order valence-corrected chi connectivity index (χ1v) is 7.32. The van der Waals surface area contributed by atoms with E-state index in [-0.39, 0.29) is 0 Å². The Hall–Kier alpha value is -0.780. The van der Waals surface area contributed by atoms with Crippen LogP contribution in [0.4, 0.5) is 0 Å². The van der Waals surface area contributed by atoms with Crippen molar-refractivity contribution in [2.75, 3.05) is 0 Å². The minimum absolute atomic E-state index is 1.09. The summed E-state index contributed by atoms with van der Waals surface area (Å²) in [4.78, 5) is 0. The van der Waals surface area contributed by atoms with Crippen molar-refractivity contribution >= 4 is 0 Å². The van der Waals surface area contributed by atoms with Gasteiger partial charge in [0.15, 0.2) is 0 Å². The van der Waals surface area contributed by atoms with Crippen LogP contribution in [-0.4, -0.2) is 0 Å². The zero-order valence-electron chi connectivity index (χ0n) is 11.7. The topological polar surface area (TPSA) is 0 Å². The van der Waals surface area contributed by atoms with E-state index < -0.39 is 0 Å². The van der Waals surface area contributed by atoms with Crippen molar-refractivity contribution in [1.29, 1.82) is 0 Å². The van der Waals surface area contributed by atoms with Crippen molar-refractivity contribution in [1.82, 2.24) is 0 Å². The fraction of sp³-hybridized carbons (Fsp3) is 0.647. The van der Waals surface area contributed by atoms with Crippen LogP contribution in [0.15, 0.2) is 37.0 Å². The van der Waals surface area contributed by atoms with Crippen LogP contribution in [0.25, 0.3) is 0 Å². The Kier molecular flexibility index (Phi) is 14.5. The summed E-state index contributed by atoms with van der Waals surface area (Å²) in [5.74, 6) is 0. The Labute approximate surface area is 109 Å². The van der Waals surface area contributed by atoms with Gasteiger partial charge in [-0.2, -0.15) is 0 Å². The minimum atomic E-state index is 1.09. The Morgan fingerprint density at radius 3 is 2.06 bits per heavy atom. The summed E-state index contributed by atoms with van der Waals surface area (Å²) in [6.45, 7) is 5.98. The maximum Gasteiger partial charge on any atom is -0.0169 e. The van der Waals surface area contributed by atoms with Crippen molar-refractivity contribution < 1.29 is 0 Å². The van der Waals surface area contributed by atoms with Crippen molar-refractivity contribution in [3.8, 4) is 0 Å². The molecule has 0 saturated heterocycles. The highest BCUT2D eigenvalue weighted by atomic mass is 13.9. The van der Waals surface area contributed by atoms with Crippen LogP contribution < -0.4 is 0 Å². The average molecular weight is 234 g/mol. The lowest BCUT2D eigenvalue weighted by Crippen LogP contribution is -1.77. The summed E-state index contributed by atoms with van der Waals surface area (Å²) in [6.07, 6.45) is 24.0. The molecule has 0 aliphatic rings. The third-order valence-corrected chi connectivity index (χ3v) is 2.87. The zero-order chi connectivity index (χ0) is 12.6. The van der Waals surface area contributed by atoms with Crippen molar-refractivity contribution in [3.63, 3.8) is 0 Å². The lowest BCUT2D eigenvalue weighted by Gasteiger charge is -1.97. The van der Waals surface area contributed by atoms with Gasteiger partial charge in [0.2, 0.25) is 0 Å². The van der Waals surface area contributed by atoms with Gasteiger partial charge in [-0.25, -0.2) is 0 Å². The molecule has 0 rings (SSSR count). The first kappa shape index (κ1) is 16.2. The van der Waals surface area contributed by atoms with Crippen LogP contribution in [0.3, 0.4) is 0 Å². The quantitative estimate of drug-likeness (QED) is 0.278. The van der Waals surface area contributed by atoms with Gasteiger partial charge in [-0.05, 0) is 32.1 Å². The second kappa shape index (κ2) is 15.2. The first-order chi connectivity index (χ1) is 8.41. The van der Waals surface area contributed by atoms with Crippen LogP contribution >= 0.6 is 0 Å². The normalized spacial score (nSPS) is 11.6. The molecule has 0 aliphatic heterocycles. The maximum atomic E-state index is 3.71. The van der Waals surface area contributed by atoms with Gasteiger partial charge in [-0.1, -0.05) is 69.4 Å². The van der Waals surface area contributed by atoms with E-state index in [1.807, 2.05) is 6.08 Å². The SMILES string of the molecule is C=CCCC=CCC=CCCCCCCCC. The summed E-state index contributed by atoms with van der Waals surface area (Å²) >= 11 is 0. The van der Waals surface area contributed by atoms with Crippen LogP contribution in [0, 0.1) is 0 Å². The molecule has 98 valence electrons. The third-order valence-electron chi connectivity index (χ3n) is 2.87. The number of allylic oxidation sites excluding steroid dienone is 5. The van der Waals surface area contributed by atoms with E-state index in [1.54, 1.807) is 0 Å². The van der Waals surface area contributed by atoms with Gasteiger partial charge in [-0.15, -0.1) is 6.58 Å². The first-order valence-electron chi connectivity index (χ1n) is 7.32. The Morgan fingerprint density at radius 1 is 0.706 bits per heavy atom. The molecule has 0 bridgehead atoms. The van der Waals surface area contributed by atoms with Crippen molar-refractivity contribution in [2.45, 2.75) is 71.1 Å². The third kappa shape index (κ3) is 15.2. The molecule has 0 radical (unpaired) electrons. The monoisotopic (exact) mass is 234 g/mol. The molecule has 0 heterocycles. The van der Waals surface area contributed by atoms with Crippen LogP contribution in [0.2, 0.25) is 0 Å². The predicted octanol–water partition coefficient (Wildman–Crippen LogP) is 6.21. The molecular weight excluding hydrogens is 204 g/mol. The van der Waals surface area contributed by atoms with E-state index in [1.165, 1.54) is 44.9 Å². The molecule has 0 spiro atoms. The highest BCUT2D eigenvalue weighted by Gasteiger charge is 1.87. The van der Waals surface area contributed by atoms with E-state index in [0.717, 1.165) is 19.3 Å². The average Bonchev–Trinajstić information content (AvgIpc) is 2.35. The zero-order valence-corrected chi connectivity index (χ0v) is 11.7. The van der Waals surface area contributed by atoms with Gasteiger partial charge < -0.3 is 0 Å². The van der Waals surface area contributed by atoms with Gasteiger partial charge in [-0.3, -0.25) is 0 Å². The molecule has 0 amide bonds. The summed E-state index contributed by atoms with van der Waals surface area (Å²) in [6, 6.07) is 0. The van der Waals surface area contributed by atoms with Crippen LogP contribution in [0.5, 0.6) is 0 Å². The molecule has 0 N–H and O–H groups in total. The smallest absolute Gasteiger partial charge is 0.0169 e. The standard InChI is InChI=1S/C17H30/c1-3-5-7-9-11-13-15-17-16-14-12-10-8-6-4-2/h3,9,11,15,17H,1,4-8,10,12-14,16H2,2H3. The second-order valence-corrected chi connectivity index (χ2v) is 4.60. The number of rotatable bonds is 12. The van der Waals surface area contributed by atoms with E-state index in [9.17, 15) is 0 Å². The Balaban J connectivity index is 3.14. The van der Waals surface area contributed by atoms with Gasteiger partial charge in [0.05, 0.1) is 0 Å². The number of unbranched alkanes of at least 4 members (excludes halogenated alkanes) is 7. The Bertz CT molecular complexity index is 198. The fourth-order valence-corrected chi connectivity index (χ4v) is 1.76. The lowest BCUT2D eigenvalue weighted by molar-refractivity contribution is 0.611. The fourth-order valence-electron chi connectivity index (χ4n) is 1.76. The molecule has 0 fully saturated rings. The van der Waals surface area contributed by atoms with E-state index >= 15 is 0 Å². The van der Waals surface area contributed by atoms with Crippen molar-refractivity contribution in [3.05, 3.63) is 37.0 Å². The molecule has 17 heavy (non-hydrogen) atoms. The predicted molar refractivity (Wildman–Crippen MR) is 80.3 cm³/mol. The lowest BCUT2D eigenvalue weighted by atomic mass is 10.1. The second-order valence-electron chi connectivity index (χ2n) is 4.60. The largest absolute Gasteiger partial charge is 0.103 e. The summed E-state index contributed by atoms with van der Waals surface area (Å²) in [7, 11) is 0. The summed E-state index contributed by atoms with van der Waals surface area (Å²) in [5, 5.41) is 0. The molecule has 0 aromatic heterocycles. The molecule has 0 heteroatoms. The van der Waals surface area contributed by atoms with Gasteiger partial charge in [0.25, 0.3) is 0 Å². The highest BCUT2D eigenvalue weighted by Crippen LogP contribution is 2.07. The molecule has 0 unspecified atom stereocenters. The van der Waals surface area contributed by atoms with Gasteiger partial charge in [0, 0.05) is 0 Å². The van der Waals surface area contributed by atoms with E-state index in [0.29, 0.717) is 0 Å². The molecule has 0 saturated carbocycles. The summed E-state index contributed by atoms with van der Waals surface area (Å²) in [5.41, 5.74) is 0. The van der Waals surface area contributed by atoms with Crippen LogP contribution in [-0.2, 0) is 0 Å². The van der Waals surface area contributed by atoms with Crippen LogP contribution in [0.1, 0.15) is 71.1 Å². The molecule has 0 aliphatic carbocycles. The van der Waals surface area contributed by atoms with Crippen molar-refractivity contribution in [2.24, 2.45) is 0 Å². The maximum absolute atomic E-state index is 3.71. The molecular formula is C17H30. The highest BCUT2D eigenvalue weighted by molar-refractivity contribution is 4.93. The van der Waals surface area contributed by atoms with Gasteiger partial charge >= 0.3 is 0 Å². The van der Waals surface area contributed by atoms with Gasteiger partial charge in [0.1, 0.15) is 0 Å².